The molecule has 1 aliphatic heterocycles. The van der Waals surface area contributed by atoms with Gasteiger partial charge in [0.1, 0.15) is 0 Å². The molecule has 0 radical (unpaired) electrons. The van der Waals surface area contributed by atoms with E-state index in [0.29, 0.717) is 19.5 Å². The Morgan fingerprint density at radius 3 is 2.80 bits per heavy atom. The van der Waals surface area contributed by atoms with Crippen molar-refractivity contribution in [1.29, 1.82) is 0 Å². The number of methoxy groups -OCH3 is 1. The Bertz CT molecular complexity index is 442. The topological polar surface area (TPSA) is 95.5 Å². The molecule has 2 rings (SSSR count). The predicted octanol–water partition coefficient (Wildman–Crippen LogP) is -1.10. The molecule has 0 atom stereocenters. The first kappa shape index (κ1) is 14.9. The fourth-order valence-electron chi connectivity index (χ4n) is 2.21. The van der Waals surface area contributed by atoms with Crippen molar-refractivity contribution in [3.8, 4) is 0 Å². The second kappa shape index (κ2) is 7.32. The zero-order valence-electron chi connectivity index (χ0n) is 11.7. The number of ether oxygens (including phenoxy) is 2. The number of hydrogen-bond donors (Lipinski definition) is 1. The highest BCUT2D eigenvalue weighted by Crippen LogP contribution is 2.08. The van der Waals surface area contributed by atoms with Gasteiger partial charge in [-0.2, -0.15) is 0 Å². The molecule has 0 bridgehead atoms. The van der Waals surface area contributed by atoms with Gasteiger partial charge in [0, 0.05) is 26.1 Å². The first-order valence-electron chi connectivity index (χ1n) is 6.77. The van der Waals surface area contributed by atoms with Crippen molar-refractivity contribution in [2.75, 3.05) is 46.5 Å². The summed E-state index contributed by atoms with van der Waals surface area (Å²) in [5, 5.41) is 7.95. The van der Waals surface area contributed by atoms with Crippen LogP contribution >= 0.6 is 0 Å². The number of esters is 1. The summed E-state index contributed by atoms with van der Waals surface area (Å²) >= 11 is 0. The summed E-state index contributed by atoms with van der Waals surface area (Å²) in [7, 11) is 1.33. The molecule has 112 valence electrons. The predicted molar refractivity (Wildman–Crippen MR) is 71.4 cm³/mol. The molecule has 1 fully saturated rings. The molecule has 0 aliphatic carbocycles. The summed E-state index contributed by atoms with van der Waals surface area (Å²) < 4.78 is 11.8. The lowest BCUT2D eigenvalue weighted by Gasteiger charge is -2.26. The van der Waals surface area contributed by atoms with Crippen molar-refractivity contribution in [3.63, 3.8) is 0 Å². The van der Waals surface area contributed by atoms with Gasteiger partial charge >= 0.3 is 5.97 Å². The molecule has 0 spiro atoms. The van der Waals surface area contributed by atoms with Gasteiger partial charge in [0.15, 0.2) is 5.69 Å². The van der Waals surface area contributed by atoms with Crippen molar-refractivity contribution in [2.45, 2.75) is 13.0 Å². The third-order valence-corrected chi connectivity index (χ3v) is 3.33. The van der Waals surface area contributed by atoms with Gasteiger partial charge in [0.2, 0.25) is 0 Å². The van der Waals surface area contributed by atoms with Gasteiger partial charge in [-0.3, -0.25) is 4.90 Å². The van der Waals surface area contributed by atoms with Crippen LogP contribution in [0.4, 0.5) is 0 Å². The number of hydrogen-bond acceptors (Lipinski definition) is 7. The number of morpholine rings is 1. The van der Waals surface area contributed by atoms with Gasteiger partial charge in [-0.05, 0) is 6.54 Å². The highest BCUT2D eigenvalue weighted by atomic mass is 16.5. The fourth-order valence-corrected chi connectivity index (χ4v) is 2.21. The molecule has 0 amide bonds. The van der Waals surface area contributed by atoms with E-state index < -0.39 is 5.97 Å². The van der Waals surface area contributed by atoms with Crippen molar-refractivity contribution in [3.05, 3.63) is 11.4 Å². The number of nitrogens with zero attached hydrogens (tertiary/aromatic N) is 4. The monoisotopic (exact) mass is 283 g/mol. The lowest BCUT2D eigenvalue weighted by Crippen LogP contribution is -2.38. The summed E-state index contributed by atoms with van der Waals surface area (Å²) in [6, 6.07) is 0. The lowest BCUT2D eigenvalue weighted by atomic mass is 10.2. The molecule has 8 heteroatoms. The van der Waals surface area contributed by atoms with Gasteiger partial charge in [0.05, 0.1) is 32.6 Å². The first-order chi connectivity index (χ1) is 9.76. The van der Waals surface area contributed by atoms with E-state index in [-0.39, 0.29) is 5.69 Å². The van der Waals surface area contributed by atoms with Crippen molar-refractivity contribution in [1.82, 2.24) is 19.9 Å². The molecular weight excluding hydrogens is 262 g/mol. The van der Waals surface area contributed by atoms with Gasteiger partial charge < -0.3 is 15.2 Å². The molecule has 1 aromatic heterocycles. The van der Waals surface area contributed by atoms with Crippen molar-refractivity contribution < 1.29 is 14.3 Å². The molecule has 1 aliphatic rings. The molecule has 0 unspecified atom stereocenters. The average Bonchev–Trinajstić information content (AvgIpc) is 2.89. The fraction of sp³-hybridized carbons (Fsp3) is 0.750. The summed E-state index contributed by atoms with van der Waals surface area (Å²) in [5.74, 6) is -0.467. The maximum Gasteiger partial charge on any atom is 0.360 e. The average molecular weight is 283 g/mol. The lowest BCUT2D eigenvalue weighted by molar-refractivity contribution is 0.0358. The normalized spacial score (nSPS) is 16.3. The second-order valence-electron chi connectivity index (χ2n) is 4.59. The Morgan fingerprint density at radius 2 is 2.15 bits per heavy atom. The summed E-state index contributed by atoms with van der Waals surface area (Å²) in [5.41, 5.74) is 6.60. The Balaban J connectivity index is 2.02. The Hall–Kier alpha value is -1.51. The standard InChI is InChI=1S/C12H21N5O3/c1-19-12(18)11-10(2-3-13)17(15-14-11)5-4-16-6-8-20-9-7-16/h2-9,13H2,1H3. The van der Waals surface area contributed by atoms with Crippen LogP contribution in [0.25, 0.3) is 0 Å². The number of carbonyl (C=O) groups is 1. The SMILES string of the molecule is COC(=O)c1nnn(CCN2CCOCC2)c1CCN. The second-order valence-corrected chi connectivity index (χ2v) is 4.59. The van der Waals surface area contributed by atoms with Crippen molar-refractivity contribution >= 4 is 5.97 Å². The summed E-state index contributed by atoms with van der Waals surface area (Å²) in [4.78, 5) is 13.9. The van der Waals surface area contributed by atoms with E-state index in [4.69, 9.17) is 15.2 Å². The number of carbonyl (C=O) groups excluding carboxylic acids is 1. The molecule has 2 N–H and O–H groups in total. The highest BCUT2D eigenvalue weighted by Gasteiger charge is 2.20. The van der Waals surface area contributed by atoms with E-state index in [9.17, 15) is 4.79 Å². The highest BCUT2D eigenvalue weighted by molar-refractivity contribution is 5.88. The van der Waals surface area contributed by atoms with E-state index in [1.807, 2.05) is 0 Å². The molecule has 20 heavy (non-hydrogen) atoms. The minimum absolute atomic E-state index is 0.264. The summed E-state index contributed by atoms with van der Waals surface area (Å²) in [6.07, 6.45) is 0.556. The van der Waals surface area contributed by atoms with Crippen LogP contribution < -0.4 is 5.73 Å². The van der Waals surface area contributed by atoms with E-state index in [0.717, 1.165) is 38.5 Å². The summed E-state index contributed by atoms with van der Waals surface area (Å²) in [6.45, 7) is 5.34. The van der Waals surface area contributed by atoms with Crippen LogP contribution in [0.2, 0.25) is 0 Å². The molecule has 0 aromatic carbocycles. The molecule has 8 nitrogen and oxygen atoms in total. The number of rotatable bonds is 6. The van der Waals surface area contributed by atoms with Gasteiger partial charge in [-0.25, -0.2) is 9.48 Å². The van der Waals surface area contributed by atoms with Crippen LogP contribution in [-0.4, -0.2) is 72.4 Å². The van der Waals surface area contributed by atoms with Gasteiger partial charge in [-0.15, -0.1) is 5.10 Å². The molecule has 1 saturated heterocycles. The Kier molecular flexibility index (Phi) is 5.45. The van der Waals surface area contributed by atoms with Crippen molar-refractivity contribution in [2.24, 2.45) is 5.73 Å². The van der Waals surface area contributed by atoms with Gasteiger partial charge in [0.25, 0.3) is 0 Å². The molecule has 0 saturated carbocycles. The zero-order valence-corrected chi connectivity index (χ0v) is 11.7. The van der Waals surface area contributed by atoms with Gasteiger partial charge in [-0.1, -0.05) is 5.21 Å². The Morgan fingerprint density at radius 1 is 1.40 bits per heavy atom. The smallest absolute Gasteiger partial charge is 0.360 e. The molecule has 2 heterocycles. The van der Waals surface area contributed by atoms with E-state index in [2.05, 4.69) is 15.2 Å². The van der Waals surface area contributed by atoms with Crippen LogP contribution in [0.1, 0.15) is 16.2 Å². The Labute approximate surface area is 117 Å². The first-order valence-corrected chi connectivity index (χ1v) is 6.77. The minimum Gasteiger partial charge on any atom is -0.464 e. The van der Waals surface area contributed by atoms with Crippen LogP contribution in [0.5, 0.6) is 0 Å². The number of aromatic nitrogens is 3. The largest absolute Gasteiger partial charge is 0.464 e. The quantitative estimate of drug-likeness (QED) is 0.662. The third kappa shape index (κ3) is 3.53. The van der Waals surface area contributed by atoms with Crippen LogP contribution in [-0.2, 0) is 22.4 Å². The van der Waals surface area contributed by atoms with E-state index >= 15 is 0 Å². The molecular formula is C12H21N5O3. The maximum atomic E-state index is 11.6. The third-order valence-electron chi connectivity index (χ3n) is 3.33. The zero-order chi connectivity index (χ0) is 14.4. The van der Waals surface area contributed by atoms with E-state index in [1.54, 1.807) is 4.68 Å². The number of nitrogens with two attached hydrogens (primary N) is 1. The molecule has 1 aromatic rings. The van der Waals surface area contributed by atoms with E-state index in [1.165, 1.54) is 7.11 Å². The van der Waals surface area contributed by atoms with Crippen LogP contribution in [0.15, 0.2) is 0 Å². The van der Waals surface area contributed by atoms with Crippen LogP contribution in [0.3, 0.4) is 0 Å². The maximum absolute atomic E-state index is 11.6. The minimum atomic E-state index is -0.467. The van der Waals surface area contributed by atoms with Crippen LogP contribution in [0, 0.1) is 0 Å².